The minimum Gasteiger partial charge on any atom is -0.477 e. The molecule has 0 radical (unpaired) electrons. The highest BCUT2D eigenvalue weighted by Gasteiger charge is 2.02. The van der Waals surface area contributed by atoms with E-state index in [1.54, 1.807) is 12.4 Å². The Kier molecular flexibility index (Phi) is 2.31. The van der Waals surface area contributed by atoms with Crippen LogP contribution in [0.2, 0.25) is 0 Å². The van der Waals surface area contributed by atoms with E-state index in [9.17, 15) is 0 Å². The zero-order valence-electron chi connectivity index (χ0n) is 6.29. The van der Waals surface area contributed by atoms with Crippen LogP contribution < -0.4 is 5.32 Å². The normalized spacial score (nSPS) is 16.5. The molecule has 1 aliphatic rings. The summed E-state index contributed by atoms with van der Waals surface area (Å²) in [6, 6.07) is 0. The molecule has 0 unspecified atom stereocenters. The Labute approximate surface area is 60.8 Å². The van der Waals surface area contributed by atoms with Gasteiger partial charge in [0.2, 0.25) is 5.90 Å². The van der Waals surface area contributed by atoms with Gasteiger partial charge >= 0.3 is 0 Å². The fourth-order valence-electron chi connectivity index (χ4n) is 0.709. The first-order chi connectivity index (χ1) is 4.79. The van der Waals surface area contributed by atoms with Gasteiger partial charge in [0.25, 0.3) is 0 Å². The molecule has 0 aliphatic carbocycles. The molecule has 0 aromatic carbocycles. The van der Waals surface area contributed by atoms with Crippen molar-refractivity contribution in [1.82, 2.24) is 5.32 Å². The standard InChI is InChI=1S/C7H12N2O/c1-6(2)10-7-5-8-3-4-9-7/h3-4,6,8H,5H2,1-2H3. The highest BCUT2D eigenvalue weighted by molar-refractivity contribution is 5.79. The molecular weight excluding hydrogens is 128 g/mol. The molecule has 0 bridgehead atoms. The van der Waals surface area contributed by atoms with Gasteiger partial charge in [0.05, 0.1) is 12.6 Å². The zero-order valence-corrected chi connectivity index (χ0v) is 6.29. The Morgan fingerprint density at radius 3 is 3.00 bits per heavy atom. The van der Waals surface area contributed by atoms with E-state index >= 15 is 0 Å². The molecule has 1 N–H and O–H groups in total. The van der Waals surface area contributed by atoms with Gasteiger partial charge in [0.1, 0.15) is 0 Å². The van der Waals surface area contributed by atoms with Crippen molar-refractivity contribution in [2.45, 2.75) is 20.0 Å². The van der Waals surface area contributed by atoms with Crippen LogP contribution in [0.1, 0.15) is 13.8 Å². The number of hydrogen-bond donors (Lipinski definition) is 1. The highest BCUT2D eigenvalue weighted by Crippen LogP contribution is 1.94. The summed E-state index contributed by atoms with van der Waals surface area (Å²) in [7, 11) is 0. The molecule has 1 aliphatic heterocycles. The third kappa shape index (κ3) is 2.09. The maximum Gasteiger partial charge on any atom is 0.208 e. The minimum absolute atomic E-state index is 0.215. The SMILES string of the molecule is CC(C)OC1=NC=CNC1. The van der Waals surface area contributed by atoms with Crippen LogP contribution in [0.5, 0.6) is 0 Å². The minimum atomic E-state index is 0.215. The van der Waals surface area contributed by atoms with E-state index in [0.717, 1.165) is 5.90 Å². The molecule has 0 spiro atoms. The van der Waals surface area contributed by atoms with Gasteiger partial charge < -0.3 is 10.1 Å². The number of rotatable bonds is 1. The van der Waals surface area contributed by atoms with Gasteiger partial charge in [0.15, 0.2) is 0 Å². The lowest BCUT2D eigenvalue weighted by molar-refractivity contribution is 0.222. The average molecular weight is 140 g/mol. The monoisotopic (exact) mass is 140 g/mol. The second-order valence-corrected chi connectivity index (χ2v) is 2.39. The van der Waals surface area contributed by atoms with Gasteiger partial charge in [-0.05, 0) is 13.8 Å². The number of nitrogens with one attached hydrogen (secondary N) is 1. The first-order valence-electron chi connectivity index (χ1n) is 3.41. The molecule has 0 saturated heterocycles. The van der Waals surface area contributed by atoms with Crippen molar-refractivity contribution in [2.75, 3.05) is 6.54 Å². The van der Waals surface area contributed by atoms with Gasteiger partial charge in [-0.1, -0.05) is 0 Å². The van der Waals surface area contributed by atoms with Gasteiger partial charge in [0, 0.05) is 12.4 Å². The molecule has 0 amide bonds. The lowest BCUT2D eigenvalue weighted by Crippen LogP contribution is -2.25. The summed E-state index contributed by atoms with van der Waals surface area (Å²) >= 11 is 0. The molecular formula is C7H12N2O. The first-order valence-corrected chi connectivity index (χ1v) is 3.41. The summed E-state index contributed by atoms with van der Waals surface area (Å²) in [6.45, 7) is 4.68. The van der Waals surface area contributed by atoms with Crippen LogP contribution in [-0.4, -0.2) is 18.5 Å². The van der Waals surface area contributed by atoms with Crippen LogP contribution in [0, 0.1) is 0 Å². The lowest BCUT2D eigenvalue weighted by atomic mass is 10.4. The number of nitrogens with zero attached hydrogens (tertiary/aromatic N) is 1. The van der Waals surface area contributed by atoms with Crippen LogP contribution in [0.3, 0.4) is 0 Å². The summed E-state index contributed by atoms with van der Waals surface area (Å²) in [5, 5.41) is 3.00. The summed E-state index contributed by atoms with van der Waals surface area (Å²) in [6.07, 6.45) is 3.71. The summed E-state index contributed by atoms with van der Waals surface area (Å²) < 4.78 is 5.33. The van der Waals surface area contributed by atoms with E-state index < -0.39 is 0 Å². The van der Waals surface area contributed by atoms with Gasteiger partial charge in [-0.2, -0.15) is 0 Å². The highest BCUT2D eigenvalue weighted by atomic mass is 16.5. The van der Waals surface area contributed by atoms with Gasteiger partial charge in [-0.3, -0.25) is 0 Å². The summed E-state index contributed by atoms with van der Waals surface area (Å²) in [4.78, 5) is 4.02. The Morgan fingerprint density at radius 1 is 1.70 bits per heavy atom. The Bertz CT molecular complexity index is 161. The van der Waals surface area contributed by atoms with Gasteiger partial charge in [-0.25, -0.2) is 4.99 Å². The fraction of sp³-hybridized carbons (Fsp3) is 0.571. The van der Waals surface area contributed by atoms with Crippen molar-refractivity contribution < 1.29 is 4.74 Å². The third-order valence-electron chi connectivity index (χ3n) is 1.04. The van der Waals surface area contributed by atoms with Crippen LogP contribution in [0.15, 0.2) is 17.4 Å². The van der Waals surface area contributed by atoms with E-state index in [2.05, 4.69) is 10.3 Å². The molecule has 0 aromatic heterocycles. The largest absolute Gasteiger partial charge is 0.477 e. The smallest absolute Gasteiger partial charge is 0.208 e. The number of ether oxygens (including phenoxy) is 1. The van der Waals surface area contributed by atoms with Crippen molar-refractivity contribution in [2.24, 2.45) is 4.99 Å². The lowest BCUT2D eigenvalue weighted by Gasteiger charge is -2.13. The molecule has 10 heavy (non-hydrogen) atoms. The van der Waals surface area contributed by atoms with E-state index in [1.165, 1.54) is 0 Å². The Balaban J connectivity index is 2.39. The van der Waals surface area contributed by atoms with Crippen LogP contribution in [0.4, 0.5) is 0 Å². The maximum atomic E-state index is 5.33. The molecule has 3 nitrogen and oxygen atoms in total. The predicted octanol–water partition coefficient (Wildman–Crippen LogP) is 0.884. The third-order valence-corrected chi connectivity index (χ3v) is 1.04. The zero-order chi connectivity index (χ0) is 7.40. The van der Waals surface area contributed by atoms with E-state index in [1.807, 2.05) is 13.8 Å². The molecule has 0 saturated carbocycles. The average Bonchev–Trinajstić information content (AvgIpc) is 1.88. The van der Waals surface area contributed by atoms with Gasteiger partial charge in [-0.15, -0.1) is 0 Å². The quantitative estimate of drug-likeness (QED) is 0.586. The second kappa shape index (κ2) is 3.25. The van der Waals surface area contributed by atoms with Crippen LogP contribution in [0.25, 0.3) is 0 Å². The fourth-order valence-corrected chi connectivity index (χ4v) is 0.709. The molecule has 56 valence electrons. The van der Waals surface area contributed by atoms with Crippen LogP contribution in [-0.2, 0) is 4.74 Å². The van der Waals surface area contributed by atoms with Crippen molar-refractivity contribution in [3.63, 3.8) is 0 Å². The molecule has 0 atom stereocenters. The van der Waals surface area contributed by atoms with Crippen LogP contribution >= 0.6 is 0 Å². The molecule has 0 fully saturated rings. The topological polar surface area (TPSA) is 33.6 Å². The van der Waals surface area contributed by atoms with Crippen molar-refractivity contribution >= 4 is 5.90 Å². The maximum absolute atomic E-state index is 5.33. The molecule has 0 aromatic rings. The first kappa shape index (κ1) is 7.12. The summed E-state index contributed by atoms with van der Waals surface area (Å²) in [5.74, 6) is 0.762. The van der Waals surface area contributed by atoms with Crippen molar-refractivity contribution in [3.8, 4) is 0 Å². The van der Waals surface area contributed by atoms with Crippen molar-refractivity contribution in [3.05, 3.63) is 12.4 Å². The number of hydrogen-bond acceptors (Lipinski definition) is 3. The van der Waals surface area contributed by atoms with E-state index in [0.29, 0.717) is 6.54 Å². The molecule has 3 heteroatoms. The Hall–Kier alpha value is -0.990. The number of aliphatic imine (C=N–C) groups is 1. The van der Waals surface area contributed by atoms with E-state index in [-0.39, 0.29) is 6.10 Å². The molecule has 1 rings (SSSR count). The summed E-state index contributed by atoms with van der Waals surface area (Å²) in [5.41, 5.74) is 0. The second-order valence-electron chi connectivity index (χ2n) is 2.39. The molecule has 1 heterocycles. The van der Waals surface area contributed by atoms with Crippen molar-refractivity contribution in [1.29, 1.82) is 0 Å². The van der Waals surface area contributed by atoms with E-state index in [4.69, 9.17) is 4.74 Å². The Morgan fingerprint density at radius 2 is 2.50 bits per heavy atom. The predicted molar refractivity (Wildman–Crippen MR) is 40.8 cm³/mol.